The van der Waals surface area contributed by atoms with Crippen LogP contribution >= 0.6 is 0 Å². The summed E-state index contributed by atoms with van der Waals surface area (Å²) >= 11 is 0. The lowest BCUT2D eigenvalue weighted by Crippen LogP contribution is -2.36. The van der Waals surface area contributed by atoms with Crippen LogP contribution in [0.1, 0.15) is 35.8 Å². The van der Waals surface area contributed by atoms with Crippen molar-refractivity contribution in [3.63, 3.8) is 0 Å². The molecular formula is C12H13F3N2O3. The van der Waals surface area contributed by atoms with Crippen molar-refractivity contribution in [2.75, 3.05) is 0 Å². The SMILES string of the molecule is CCC(CC(=O)O)NC(=O)c1ccc(C(F)(F)F)cn1. The number of aromatic nitrogens is 1. The Balaban J connectivity index is 2.75. The average Bonchev–Trinajstić information content (AvgIpc) is 2.36. The first-order chi connectivity index (χ1) is 9.24. The molecular weight excluding hydrogens is 277 g/mol. The Kier molecular flexibility index (Phi) is 5.06. The summed E-state index contributed by atoms with van der Waals surface area (Å²) in [5.74, 6) is -1.77. The molecule has 0 saturated carbocycles. The molecule has 1 atom stereocenters. The Morgan fingerprint density at radius 3 is 2.45 bits per heavy atom. The summed E-state index contributed by atoms with van der Waals surface area (Å²) in [6, 6.07) is 1.11. The molecule has 0 fully saturated rings. The molecule has 1 aromatic rings. The van der Waals surface area contributed by atoms with Crippen molar-refractivity contribution in [2.24, 2.45) is 0 Å². The Hall–Kier alpha value is -2.12. The van der Waals surface area contributed by atoms with Gasteiger partial charge in [-0.2, -0.15) is 13.2 Å². The van der Waals surface area contributed by atoms with E-state index >= 15 is 0 Å². The predicted molar refractivity (Wildman–Crippen MR) is 63.0 cm³/mol. The molecule has 1 unspecified atom stereocenters. The second-order valence-corrected chi connectivity index (χ2v) is 4.11. The first-order valence-corrected chi connectivity index (χ1v) is 5.80. The highest BCUT2D eigenvalue weighted by Gasteiger charge is 2.31. The van der Waals surface area contributed by atoms with Gasteiger partial charge < -0.3 is 10.4 Å². The third-order valence-corrected chi connectivity index (χ3v) is 2.57. The van der Waals surface area contributed by atoms with Gasteiger partial charge in [0.2, 0.25) is 0 Å². The van der Waals surface area contributed by atoms with E-state index in [4.69, 9.17) is 5.11 Å². The van der Waals surface area contributed by atoms with E-state index in [9.17, 15) is 22.8 Å². The molecule has 0 saturated heterocycles. The van der Waals surface area contributed by atoms with Crippen LogP contribution in [-0.4, -0.2) is 28.0 Å². The van der Waals surface area contributed by atoms with Crippen LogP contribution in [0.3, 0.4) is 0 Å². The second-order valence-electron chi connectivity index (χ2n) is 4.11. The molecule has 0 radical (unpaired) electrons. The molecule has 110 valence electrons. The minimum absolute atomic E-state index is 0.193. The maximum absolute atomic E-state index is 12.3. The van der Waals surface area contributed by atoms with Gasteiger partial charge in [0.15, 0.2) is 0 Å². The summed E-state index contributed by atoms with van der Waals surface area (Å²) in [5, 5.41) is 11.0. The lowest BCUT2D eigenvalue weighted by molar-refractivity contribution is -0.138. The lowest BCUT2D eigenvalue weighted by Gasteiger charge is -2.14. The number of nitrogens with one attached hydrogen (secondary N) is 1. The van der Waals surface area contributed by atoms with E-state index in [2.05, 4.69) is 10.3 Å². The standard InChI is InChI=1S/C12H13F3N2O3/c1-2-8(5-10(18)19)17-11(20)9-4-3-7(6-16-9)12(13,14)15/h3-4,6,8H,2,5H2,1H3,(H,17,20)(H,18,19). The number of amides is 1. The van der Waals surface area contributed by atoms with Crippen molar-refractivity contribution in [2.45, 2.75) is 32.0 Å². The van der Waals surface area contributed by atoms with Gasteiger partial charge in [-0.1, -0.05) is 6.92 Å². The number of carbonyl (C=O) groups is 2. The number of carbonyl (C=O) groups excluding carboxylic acids is 1. The number of rotatable bonds is 5. The fourth-order valence-corrected chi connectivity index (χ4v) is 1.46. The van der Waals surface area contributed by atoms with Gasteiger partial charge in [0.05, 0.1) is 12.0 Å². The number of carboxylic acids is 1. The van der Waals surface area contributed by atoms with Crippen LogP contribution in [0.4, 0.5) is 13.2 Å². The molecule has 5 nitrogen and oxygen atoms in total. The van der Waals surface area contributed by atoms with Gasteiger partial charge in [0, 0.05) is 12.2 Å². The molecule has 1 amide bonds. The molecule has 1 aromatic heterocycles. The Bertz CT molecular complexity index is 486. The average molecular weight is 290 g/mol. The normalized spacial score (nSPS) is 12.8. The highest BCUT2D eigenvalue weighted by atomic mass is 19.4. The summed E-state index contributed by atoms with van der Waals surface area (Å²) in [4.78, 5) is 25.7. The van der Waals surface area contributed by atoms with E-state index in [0.717, 1.165) is 12.1 Å². The summed E-state index contributed by atoms with van der Waals surface area (Å²) in [6.45, 7) is 1.69. The summed E-state index contributed by atoms with van der Waals surface area (Å²) < 4.78 is 37.0. The molecule has 20 heavy (non-hydrogen) atoms. The largest absolute Gasteiger partial charge is 0.481 e. The van der Waals surface area contributed by atoms with E-state index in [0.29, 0.717) is 12.6 Å². The number of pyridine rings is 1. The maximum Gasteiger partial charge on any atom is 0.417 e. The van der Waals surface area contributed by atoms with E-state index < -0.39 is 29.7 Å². The number of hydrogen-bond donors (Lipinski definition) is 2. The Morgan fingerprint density at radius 1 is 1.40 bits per heavy atom. The minimum atomic E-state index is -4.52. The van der Waals surface area contributed by atoms with Gasteiger partial charge >= 0.3 is 12.1 Å². The van der Waals surface area contributed by atoms with Crippen molar-refractivity contribution >= 4 is 11.9 Å². The zero-order valence-electron chi connectivity index (χ0n) is 10.6. The van der Waals surface area contributed by atoms with E-state index in [1.165, 1.54) is 0 Å². The fourth-order valence-electron chi connectivity index (χ4n) is 1.46. The zero-order valence-corrected chi connectivity index (χ0v) is 10.6. The molecule has 0 aromatic carbocycles. The molecule has 0 spiro atoms. The quantitative estimate of drug-likeness (QED) is 0.870. The van der Waals surface area contributed by atoms with Crippen molar-refractivity contribution in [3.05, 3.63) is 29.6 Å². The van der Waals surface area contributed by atoms with Crippen LogP contribution in [-0.2, 0) is 11.0 Å². The number of carboxylic acid groups (broad SMARTS) is 1. The Labute approximate surface area is 112 Å². The van der Waals surface area contributed by atoms with E-state index in [1.54, 1.807) is 6.92 Å². The van der Waals surface area contributed by atoms with Crippen LogP contribution in [0.2, 0.25) is 0 Å². The van der Waals surface area contributed by atoms with Crippen LogP contribution in [0.5, 0.6) is 0 Å². The van der Waals surface area contributed by atoms with E-state index in [-0.39, 0.29) is 12.1 Å². The van der Waals surface area contributed by atoms with Gasteiger partial charge in [0.25, 0.3) is 5.91 Å². The monoisotopic (exact) mass is 290 g/mol. The molecule has 1 heterocycles. The number of aliphatic carboxylic acids is 1. The summed E-state index contributed by atoms with van der Waals surface area (Å²) in [7, 11) is 0. The van der Waals surface area contributed by atoms with Gasteiger partial charge in [-0.25, -0.2) is 0 Å². The van der Waals surface area contributed by atoms with Gasteiger partial charge in [-0.05, 0) is 18.6 Å². The first-order valence-electron chi connectivity index (χ1n) is 5.80. The van der Waals surface area contributed by atoms with Crippen molar-refractivity contribution in [3.8, 4) is 0 Å². The Morgan fingerprint density at radius 2 is 2.05 bits per heavy atom. The molecule has 1 rings (SSSR count). The first kappa shape index (κ1) is 15.9. The highest BCUT2D eigenvalue weighted by Crippen LogP contribution is 2.28. The molecule has 0 aliphatic rings. The summed E-state index contributed by atoms with van der Waals surface area (Å²) in [5.41, 5.74) is -1.14. The number of alkyl halides is 3. The van der Waals surface area contributed by atoms with Crippen LogP contribution in [0, 0.1) is 0 Å². The van der Waals surface area contributed by atoms with Crippen molar-refractivity contribution in [1.29, 1.82) is 0 Å². The second kappa shape index (κ2) is 6.36. The fraction of sp³-hybridized carbons (Fsp3) is 0.417. The smallest absolute Gasteiger partial charge is 0.417 e. The topological polar surface area (TPSA) is 79.3 Å². The molecule has 8 heteroatoms. The molecule has 0 aliphatic heterocycles. The van der Waals surface area contributed by atoms with Gasteiger partial charge in [-0.3, -0.25) is 14.6 Å². The van der Waals surface area contributed by atoms with Crippen LogP contribution in [0.15, 0.2) is 18.3 Å². The zero-order chi connectivity index (χ0) is 15.3. The number of hydrogen-bond acceptors (Lipinski definition) is 3. The minimum Gasteiger partial charge on any atom is -0.481 e. The predicted octanol–water partition coefficient (Wildman–Crippen LogP) is 2.08. The molecule has 0 bridgehead atoms. The number of halogens is 3. The summed E-state index contributed by atoms with van der Waals surface area (Å²) in [6.07, 6.45) is -3.83. The lowest BCUT2D eigenvalue weighted by atomic mass is 10.1. The van der Waals surface area contributed by atoms with Gasteiger partial charge in [0.1, 0.15) is 5.69 Å². The van der Waals surface area contributed by atoms with Crippen LogP contribution in [0.25, 0.3) is 0 Å². The third kappa shape index (κ3) is 4.52. The molecule has 2 N–H and O–H groups in total. The van der Waals surface area contributed by atoms with Gasteiger partial charge in [-0.15, -0.1) is 0 Å². The maximum atomic E-state index is 12.3. The third-order valence-electron chi connectivity index (χ3n) is 2.57. The highest BCUT2D eigenvalue weighted by molar-refractivity contribution is 5.92. The van der Waals surface area contributed by atoms with Crippen LogP contribution < -0.4 is 5.32 Å². The van der Waals surface area contributed by atoms with E-state index in [1.807, 2.05) is 0 Å². The molecule has 0 aliphatic carbocycles. The van der Waals surface area contributed by atoms with Crippen molar-refractivity contribution in [1.82, 2.24) is 10.3 Å². The van der Waals surface area contributed by atoms with Crippen molar-refractivity contribution < 1.29 is 27.9 Å². The number of nitrogens with zero attached hydrogens (tertiary/aromatic N) is 1.